The fraction of sp³-hybridized carbons (Fsp3) is 0.133. The number of nitrogens with zero attached hydrogens (tertiary/aromatic N) is 1. The second kappa shape index (κ2) is 5.19. The minimum absolute atomic E-state index is 0.288. The summed E-state index contributed by atoms with van der Waals surface area (Å²) >= 11 is 1.55. The molecule has 0 fully saturated rings. The van der Waals surface area contributed by atoms with E-state index in [1.54, 1.807) is 29.7 Å². The van der Waals surface area contributed by atoms with Crippen LogP contribution < -0.4 is 0 Å². The van der Waals surface area contributed by atoms with Crippen molar-refractivity contribution in [3.05, 3.63) is 63.7 Å². The zero-order chi connectivity index (χ0) is 14.1. The van der Waals surface area contributed by atoms with Crippen LogP contribution in [0, 0.1) is 12.7 Å². The first-order chi connectivity index (χ1) is 9.65. The topological polar surface area (TPSA) is 48.9 Å². The molecule has 2 aromatic heterocycles. The van der Waals surface area contributed by atoms with Crippen LogP contribution in [0.4, 0.5) is 4.39 Å². The fourth-order valence-corrected chi connectivity index (χ4v) is 2.99. The van der Waals surface area contributed by atoms with Crippen LogP contribution in [0.25, 0.3) is 11.3 Å². The van der Waals surface area contributed by atoms with Crippen LogP contribution in [0.1, 0.15) is 21.4 Å². The largest absolute Gasteiger partial charge is 0.383 e. The number of aromatic amines is 1. The van der Waals surface area contributed by atoms with E-state index >= 15 is 0 Å². The summed E-state index contributed by atoms with van der Waals surface area (Å²) in [5, 5.41) is 17.3. The Balaban J connectivity index is 1.99. The number of hydrogen-bond donors (Lipinski definition) is 2. The molecule has 3 nitrogen and oxygen atoms in total. The summed E-state index contributed by atoms with van der Waals surface area (Å²) < 4.78 is 13.0. The van der Waals surface area contributed by atoms with Gasteiger partial charge in [0.05, 0.1) is 11.9 Å². The van der Waals surface area contributed by atoms with E-state index in [4.69, 9.17) is 0 Å². The van der Waals surface area contributed by atoms with E-state index in [9.17, 15) is 9.50 Å². The molecule has 0 aliphatic heterocycles. The Bertz CT molecular complexity index is 718. The van der Waals surface area contributed by atoms with Crippen LogP contribution in [-0.2, 0) is 0 Å². The number of thiophene rings is 1. The molecule has 102 valence electrons. The highest BCUT2D eigenvalue weighted by atomic mass is 32.1. The average molecular weight is 288 g/mol. The molecule has 0 radical (unpaired) electrons. The molecule has 0 spiro atoms. The molecule has 1 unspecified atom stereocenters. The molecule has 3 rings (SSSR count). The second-order valence-electron chi connectivity index (χ2n) is 4.56. The minimum Gasteiger partial charge on any atom is -0.383 e. The molecule has 0 amide bonds. The normalized spacial score (nSPS) is 12.6. The van der Waals surface area contributed by atoms with Crippen LogP contribution in [0.5, 0.6) is 0 Å². The molecule has 0 aliphatic rings. The Morgan fingerprint density at radius 2 is 1.95 bits per heavy atom. The molecule has 3 aromatic rings. The lowest BCUT2D eigenvalue weighted by Gasteiger charge is -2.09. The number of rotatable bonds is 3. The number of H-pyrrole nitrogens is 1. The molecule has 5 heteroatoms. The Labute approximate surface area is 119 Å². The summed E-state index contributed by atoms with van der Waals surface area (Å²) in [6, 6.07) is 9.99. The van der Waals surface area contributed by atoms with Crippen molar-refractivity contribution < 1.29 is 9.50 Å². The lowest BCUT2D eigenvalue weighted by atomic mass is 10.0. The molecular formula is C15H13FN2OS. The Kier molecular flexibility index (Phi) is 3.38. The van der Waals surface area contributed by atoms with Gasteiger partial charge in [0, 0.05) is 20.9 Å². The van der Waals surface area contributed by atoms with Gasteiger partial charge in [-0.15, -0.1) is 11.3 Å². The van der Waals surface area contributed by atoms with Crippen molar-refractivity contribution in [3.63, 3.8) is 0 Å². The molecular weight excluding hydrogens is 275 g/mol. The molecule has 2 N–H and O–H groups in total. The number of halogens is 1. The molecule has 1 atom stereocenters. The first-order valence-corrected chi connectivity index (χ1v) is 7.00. The van der Waals surface area contributed by atoms with Gasteiger partial charge in [-0.25, -0.2) is 4.39 Å². The third-order valence-electron chi connectivity index (χ3n) is 3.13. The SMILES string of the molecule is Cc1ccc(C(O)c2cn[nH]c2-c2ccc(F)cc2)s1. The molecule has 2 heterocycles. The summed E-state index contributed by atoms with van der Waals surface area (Å²) in [5.41, 5.74) is 2.20. The maximum absolute atomic E-state index is 13.0. The predicted molar refractivity (Wildman–Crippen MR) is 77.1 cm³/mol. The zero-order valence-corrected chi connectivity index (χ0v) is 11.6. The summed E-state index contributed by atoms with van der Waals surface area (Å²) in [6.45, 7) is 2.00. The van der Waals surface area contributed by atoms with Gasteiger partial charge in [0.25, 0.3) is 0 Å². The number of aryl methyl sites for hydroxylation is 1. The van der Waals surface area contributed by atoms with Crippen molar-refractivity contribution in [3.8, 4) is 11.3 Å². The molecule has 0 bridgehead atoms. The Morgan fingerprint density at radius 1 is 1.20 bits per heavy atom. The number of aromatic nitrogens is 2. The Hall–Kier alpha value is -1.98. The van der Waals surface area contributed by atoms with Crippen molar-refractivity contribution in [2.24, 2.45) is 0 Å². The van der Waals surface area contributed by atoms with Gasteiger partial charge in [-0.05, 0) is 43.3 Å². The first kappa shape index (κ1) is 13.0. The minimum atomic E-state index is -0.729. The van der Waals surface area contributed by atoms with E-state index in [0.29, 0.717) is 11.3 Å². The van der Waals surface area contributed by atoms with Crippen LogP contribution >= 0.6 is 11.3 Å². The highest BCUT2D eigenvalue weighted by Gasteiger charge is 2.19. The highest BCUT2D eigenvalue weighted by Crippen LogP contribution is 2.33. The van der Waals surface area contributed by atoms with Crippen LogP contribution in [0.3, 0.4) is 0 Å². The van der Waals surface area contributed by atoms with Gasteiger partial charge in [0.1, 0.15) is 11.9 Å². The Morgan fingerprint density at radius 3 is 2.60 bits per heavy atom. The van der Waals surface area contributed by atoms with E-state index in [-0.39, 0.29) is 5.82 Å². The lowest BCUT2D eigenvalue weighted by Crippen LogP contribution is -1.97. The van der Waals surface area contributed by atoms with E-state index < -0.39 is 6.10 Å². The standard InChI is InChI=1S/C15H13FN2OS/c1-9-2-7-13(20-9)15(19)12-8-17-18-14(12)10-3-5-11(16)6-4-10/h2-8,15,19H,1H3,(H,17,18). The molecule has 0 aliphatic carbocycles. The van der Waals surface area contributed by atoms with Gasteiger partial charge < -0.3 is 5.11 Å². The smallest absolute Gasteiger partial charge is 0.123 e. The van der Waals surface area contributed by atoms with Crippen LogP contribution in [0.2, 0.25) is 0 Å². The number of aliphatic hydroxyl groups is 1. The van der Waals surface area contributed by atoms with Crippen LogP contribution in [-0.4, -0.2) is 15.3 Å². The summed E-state index contributed by atoms with van der Waals surface area (Å²) in [4.78, 5) is 2.01. The maximum atomic E-state index is 13.0. The number of aliphatic hydroxyl groups excluding tert-OH is 1. The summed E-state index contributed by atoms with van der Waals surface area (Å²) in [6.07, 6.45) is 0.880. The maximum Gasteiger partial charge on any atom is 0.123 e. The third kappa shape index (κ3) is 2.37. The van der Waals surface area contributed by atoms with E-state index in [0.717, 1.165) is 15.3 Å². The van der Waals surface area contributed by atoms with Gasteiger partial charge in [-0.1, -0.05) is 0 Å². The predicted octanol–water partition coefficient (Wildman–Crippen LogP) is 3.67. The van der Waals surface area contributed by atoms with Crippen LogP contribution in [0.15, 0.2) is 42.6 Å². The number of hydrogen-bond acceptors (Lipinski definition) is 3. The van der Waals surface area contributed by atoms with Gasteiger partial charge in [0.15, 0.2) is 0 Å². The zero-order valence-electron chi connectivity index (χ0n) is 10.8. The quantitative estimate of drug-likeness (QED) is 0.772. The summed E-state index contributed by atoms with van der Waals surface area (Å²) in [5.74, 6) is -0.288. The monoisotopic (exact) mass is 288 g/mol. The molecule has 1 aromatic carbocycles. The molecule has 0 saturated carbocycles. The highest BCUT2D eigenvalue weighted by molar-refractivity contribution is 7.12. The van der Waals surface area contributed by atoms with Crippen molar-refractivity contribution in [1.29, 1.82) is 0 Å². The van der Waals surface area contributed by atoms with Crippen molar-refractivity contribution >= 4 is 11.3 Å². The second-order valence-corrected chi connectivity index (χ2v) is 5.88. The molecule has 0 saturated heterocycles. The lowest BCUT2D eigenvalue weighted by molar-refractivity contribution is 0.225. The van der Waals surface area contributed by atoms with E-state index in [1.165, 1.54) is 12.1 Å². The summed E-state index contributed by atoms with van der Waals surface area (Å²) in [7, 11) is 0. The van der Waals surface area contributed by atoms with Crippen molar-refractivity contribution in [2.75, 3.05) is 0 Å². The van der Waals surface area contributed by atoms with Crippen molar-refractivity contribution in [1.82, 2.24) is 10.2 Å². The first-order valence-electron chi connectivity index (χ1n) is 6.19. The van der Waals surface area contributed by atoms with Crippen molar-refractivity contribution in [2.45, 2.75) is 13.0 Å². The average Bonchev–Trinajstić information content (AvgIpc) is 3.07. The van der Waals surface area contributed by atoms with E-state index in [1.807, 2.05) is 19.1 Å². The van der Waals surface area contributed by atoms with Gasteiger partial charge in [-0.3, -0.25) is 5.10 Å². The van der Waals surface area contributed by atoms with Gasteiger partial charge >= 0.3 is 0 Å². The number of benzene rings is 1. The molecule has 20 heavy (non-hydrogen) atoms. The fourth-order valence-electron chi connectivity index (χ4n) is 2.10. The third-order valence-corrected chi connectivity index (χ3v) is 4.18. The van der Waals surface area contributed by atoms with Gasteiger partial charge in [-0.2, -0.15) is 5.10 Å². The van der Waals surface area contributed by atoms with Gasteiger partial charge in [0.2, 0.25) is 0 Å². The number of nitrogens with one attached hydrogen (secondary N) is 1. The van der Waals surface area contributed by atoms with E-state index in [2.05, 4.69) is 10.2 Å².